The van der Waals surface area contributed by atoms with E-state index in [0.29, 0.717) is 32.9 Å². The van der Waals surface area contributed by atoms with Gasteiger partial charge in [0.25, 0.3) is 5.91 Å². The van der Waals surface area contributed by atoms with Gasteiger partial charge in [0.05, 0.1) is 21.7 Å². The monoisotopic (exact) mass is 450 g/mol. The van der Waals surface area contributed by atoms with Crippen LogP contribution in [0.4, 0.5) is 5.69 Å². The highest BCUT2D eigenvalue weighted by molar-refractivity contribution is 7.90. The quantitative estimate of drug-likeness (QED) is 0.444. The van der Waals surface area contributed by atoms with Crippen molar-refractivity contribution in [1.82, 2.24) is 4.98 Å². The molecule has 0 unspecified atom stereocenters. The van der Waals surface area contributed by atoms with Crippen molar-refractivity contribution < 1.29 is 13.2 Å². The number of halogens is 1. The molecule has 4 rings (SSSR count). The molecule has 156 valence electrons. The minimum Gasteiger partial charge on any atom is -0.322 e. The van der Waals surface area contributed by atoms with Gasteiger partial charge in [0.15, 0.2) is 9.84 Å². The van der Waals surface area contributed by atoms with Gasteiger partial charge in [-0.15, -0.1) is 0 Å². The van der Waals surface area contributed by atoms with Gasteiger partial charge in [0, 0.05) is 27.9 Å². The number of rotatable bonds is 4. The second kappa shape index (κ2) is 8.13. The lowest BCUT2D eigenvalue weighted by atomic mass is 10.0. The van der Waals surface area contributed by atoms with Crippen LogP contribution in [0.1, 0.15) is 15.9 Å². The van der Waals surface area contributed by atoms with Crippen molar-refractivity contribution in [3.63, 3.8) is 0 Å². The third-order valence-corrected chi connectivity index (χ3v) is 6.44. The van der Waals surface area contributed by atoms with Crippen molar-refractivity contribution in [2.24, 2.45) is 0 Å². The average molecular weight is 451 g/mol. The van der Waals surface area contributed by atoms with Gasteiger partial charge in [-0.25, -0.2) is 13.4 Å². The predicted octanol–water partition coefficient (Wildman–Crippen LogP) is 5.52. The fourth-order valence-electron chi connectivity index (χ4n) is 3.33. The smallest absolute Gasteiger partial charge is 0.256 e. The van der Waals surface area contributed by atoms with Crippen molar-refractivity contribution in [3.8, 4) is 11.3 Å². The number of anilines is 1. The number of aromatic nitrogens is 1. The van der Waals surface area contributed by atoms with E-state index in [1.54, 1.807) is 18.2 Å². The highest BCUT2D eigenvalue weighted by Crippen LogP contribution is 2.30. The Hall–Kier alpha value is -3.22. The molecular formula is C24H19ClN2O3S. The average Bonchev–Trinajstić information content (AvgIpc) is 2.74. The lowest BCUT2D eigenvalue weighted by Crippen LogP contribution is -2.14. The van der Waals surface area contributed by atoms with E-state index in [0.717, 1.165) is 17.4 Å². The standard InChI is InChI=1S/C24H19ClN2O3S/c1-15-11-12-16(31(2,29)30)13-22(15)27-24(28)19-14-23(18-8-3-5-9-20(18)25)26-21-10-6-4-7-17(19)21/h3-14H,1-2H3,(H,27,28). The van der Waals surface area contributed by atoms with Gasteiger partial charge in [-0.05, 0) is 42.8 Å². The van der Waals surface area contributed by atoms with E-state index in [4.69, 9.17) is 11.6 Å². The van der Waals surface area contributed by atoms with E-state index in [1.165, 1.54) is 12.1 Å². The Balaban J connectivity index is 1.83. The minimum atomic E-state index is -3.40. The number of aryl methyl sites for hydroxylation is 1. The van der Waals surface area contributed by atoms with Gasteiger partial charge in [-0.1, -0.05) is 54.1 Å². The number of nitrogens with zero attached hydrogens (tertiary/aromatic N) is 1. The Kier molecular flexibility index (Phi) is 5.52. The zero-order valence-electron chi connectivity index (χ0n) is 16.9. The Morgan fingerprint density at radius 3 is 2.42 bits per heavy atom. The number of sulfone groups is 1. The van der Waals surface area contributed by atoms with Gasteiger partial charge in [0.1, 0.15) is 0 Å². The molecule has 0 spiro atoms. The van der Waals surface area contributed by atoms with Gasteiger partial charge in [0.2, 0.25) is 0 Å². The molecule has 7 heteroatoms. The molecule has 0 saturated heterocycles. The second-order valence-electron chi connectivity index (χ2n) is 7.26. The van der Waals surface area contributed by atoms with Gasteiger partial charge in [-0.2, -0.15) is 0 Å². The van der Waals surface area contributed by atoms with Crippen LogP contribution in [-0.4, -0.2) is 25.6 Å². The topological polar surface area (TPSA) is 76.1 Å². The summed E-state index contributed by atoms with van der Waals surface area (Å²) in [6.07, 6.45) is 1.13. The summed E-state index contributed by atoms with van der Waals surface area (Å²) >= 11 is 6.36. The number of carbonyl (C=O) groups excluding carboxylic acids is 1. The molecule has 0 aliphatic rings. The molecular weight excluding hydrogens is 432 g/mol. The third-order valence-electron chi connectivity index (χ3n) is 5.00. The largest absolute Gasteiger partial charge is 0.322 e. The minimum absolute atomic E-state index is 0.143. The number of pyridine rings is 1. The highest BCUT2D eigenvalue weighted by atomic mass is 35.5. The second-order valence-corrected chi connectivity index (χ2v) is 9.68. The van der Waals surface area contributed by atoms with E-state index >= 15 is 0 Å². The van der Waals surface area contributed by atoms with Crippen LogP contribution in [0.15, 0.2) is 77.7 Å². The summed E-state index contributed by atoms with van der Waals surface area (Å²) < 4.78 is 23.9. The number of nitrogens with one attached hydrogen (secondary N) is 1. The first kappa shape index (κ1) is 21.0. The van der Waals surface area contributed by atoms with Crippen LogP contribution in [-0.2, 0) is 9.84 Å². The highest BCUT2D eigenvalue weighted by Gasteiger charge is 2.17. The summed E-state index contributed by atoms with van der Waals surface area (Å²) in [6, 6.07) is 21.0. The Morgan fingerprint density at radius 1 is 0.968 bits per heavy atom. The molecule has 1 aromatic heterocycles. The number of hydrogen-bond donors (Lipinski definition) is 1. The molecule has 0 aliphatic heterocycles. The van der Waals surface area contributed by atoms with E-state index in [2.05, 4.69) is 10.3 Å². The third kappa shape index (κ3) is 4.31. The van der Waals surface area contributed by atoms with E-state index in [-0.39, 0.29) is 10.8 Å². The van der Waals surface area contributed by atoms with Gasteiger partial charge in [-0.3, -0.25) is 4.79 Å². The lowest BCUT2D eigenvalue weighted by Gasteiger charge is -2.13. The summed E-state index contributed by atoms with van der Waals surface area (Å²) in [6.45, 7) is 1.81. The van der Waals surface area contributed by atoms with Crippen LogP contribution < -0.4 is 5.32 Å². The van der Waals surface area contributed by atoms with Crippen molar-refractivity contribution >= 4 is 43.9 Å². The molecule has 0 atom stereocenters. The van der Waals surface area contributed by atoms with E-state index in [1.807, 2.05) is 49.4 Å². The van der Waals surface area contributed by atoms with Gasteiger partial charge >= 0.3 is 0 Å². The van der Waals surface area contributed by atoms with Crippen LogP contribution in [0.3, 0.4) is 0 Å². The number of amides is 1. The number of fused-ring (bicyclic) bond motifs is 1. The molecule has 0 aliphatic carbocycles. The zero-order valence-corrected chi connectivity index (χ0v) is 18.5. The van der Waals surface area contributed by atoms with Crippen LogP contribution >= 0.6 is 11.6 Å². The maximum Gasteiger partial charge on any atom is 0.256 e. The molecule has 4 aromatic rings. The molecule has 1 heterocycles. The zero-order chi connectivity index (χ0) is 22.2. The van der Waals surface area contributed by atoms with Crippen molar-refractivity contribution in [2.45, 2.75) is 11.8 Å². The first-order valence-corrected chi connectivity index (χ1v) is 11.8. The normalized spacial score (nSPS) is 11.5. The lowest BCUT2D eigenvalue weighted by molar-refractivity contribution is 0.102. The van der Waals surface area contributed by atoms with Crippen LogP contribution in [0.2, 0.25) is 5.02 Å². The molecule has 3 aromatic carbocycles. The summed E-state index contributed by atoms with van der Waals surface area (Å²) in [5, 5.41) is 4.08. The predicted molar refractivity (Wildman–Crippen MR) is 124 cm³/mol. The molecule has 1 N–H and O–H groups in total. The summed E-state index contributed by atoms with van der Waals surface area (Å²) in [7, 11) is -3.40. The Bertz CT molecular complexity index is 1430. The molecule has 1 amide bonds. The molecule has 31 heavy (non-hydrogen) atoms. The molecule has 5 nitrogen and oxygen atoms in total. The van der Waals surface area contributed by atoms with Crippen molar-refractivity contribution in [2.75, 3.05) is 11.6 Å². The molecule has 0 fully saturated rings. The first-order chi connectivity index (χ1) is 14.7. The Morgan fingerprint density at radius 2 is 1.68 bits per heavy atom. The van der Waals surface area contributed by atoms with Crippen LogP contribution in [0.25, 0.3) is 22.2 Å². The summed E-state index contributed by atoms with van der Waals surface area (Å²) in [4.78, 5) is 18.1. The first-order valence-electron chi connectivity index (χ1n) is 9.51. The number of hydrogen-bond acceptors (Lipinski definition) is 4. The fourth-order valence-corrected chi connectivity index (χ4v) is 4.21. The van der Waals surface area contributed by atoms with Gasteiger partial charge < -0.3 is 5.32 Å². The molecule has 0 saturated carbocycles. The van der Waals surface area contributed by atoms with Crippen molar-refractivity contribution in [3.05, 3.63) is 88.9 Å². The Labute approximate surface area is 185 Å². The van der Waals surface area contributed by atoms with Crippen LogP contribution in [0, 0.1) is 6.92 Å². The number of benzene rings is 3. The van der Waals surface area contributed by atoms with Crippen LogP contribution in [0.5, 0.6) is 0 Å². The fraction of sp³-hybridized carbons (Fsp3) is 0.0833. The maximum absolute atomic E-state index is 13.3. The number of carbonyl (C=O) groups is 1. The van der Waals surface area contributed by atoms with E-state index in [9.17, 15) is 13.2 Å². The summed E-state index contributed by atoms with van der Waals surface area (Å²) in [5.74, 6) is -0.361. The SMILES string of the molecule is Cc1ccc(S(C)(=O)=O)cc1NC(=O)c1cc(-c2ccccc2Cl)nc2ccccc12. The van der Waals surface area contributed by atoms with Crippen molar-refractivity contribution in [1.29, 1.82) is 0 Å². The number of para-hydroxylation sites is 1. The maximum atomic E-state index is 13.3. The molecule has 0 bridgehead atoms. The summed E-state index contributed by atoms with van der Waals surface area (Å²) in [5.41, 5.74) is 3.57. The molecule has 0 radical (unpaired) electrons. The van der Waals surface area contributed by atoms with E-state index < -0.39 is 9.84 Å².